The highest BCUT2D eigenvalue weighted by Gasteiger charge is 2.32. The van der Waals surface area contributed by atoms with Crippen molar-refractivity contribution in [1.82, 2.24) is 4.90 Å². The van der Waals surface area contributed by atoms with Gasteiger partial charge in [0.05, 0.1) is 5.75 Å². The highest BCUT2D eigenvalue weighted by molar-refractivity contribution is 8.00. The van der Waals surface area contributed by atoms with Crippen LogP contribution in [0, 0.1) is 11.6 Å². The monoisotopic (exact) mass is 333 g/mol. The Labute approximate surface area is 138 Å². The van der Waals surface area contributed by atoms with Gasteiger partial charge in [-0.1, -0.05) is 37.3 Å². The molecule has 1 fully saturated rings. The van der Waals surface area contributed by atoms with E-state index in [1.54, 1.807) is 16.7 Å². The van der Waals surface area contributed by atoms with Gasteiger partial charge < -0.3 is 4.90 Å². The number of rotatable bonds is 4. The lowest BCUT2D eigenvalue weighted by Gasteiger charge is -2.24. The predicted molar refractivity (Wildman–Crippen MR) is 87.9 cm³/mol. The third-order valence-electron chi connectivity index (χ3n) is 3.98. The third-order valence-corrected chi connectivity index (χ3v) is 5.23. The molecule has 0 bridgehead atoms. The Morgan fingerprint density at radius 1 is 1.09 bits per heavy atom. The maximum Gasteiger partial charge on any atom is 0.234 e. The molecule has 1 heterocycles. The first-order valence-corrected chi connectivity index (χ1v) is 8.57. The van der Waals surface area contributed by atoms with Crippen molar-refractivity contribution >= 4 is 17.7 Å². The Bertz CT molecular complexity index is 717. The summed E-state index contributed by atoms with van der Waals surface area (Å²) in [5.41, 5.74) is 2.89. The van der Waals surface area contributed by atoms with Crippen molar-refractivity contribution in [1.29, 1.82) is 0 Å². The molecule has 1 aliphatic heterocycles. The summed E-state index contributed by atoms with van der Waals surface area (Å²) in [6.07, 6.45) is 0.968. The average Bonchev–Trinajstić information content (AvgIpc) is 2.92. The Balaban J connectivity index is 1.82. The molecule has 5 heteroatoms. The summed E-state index contributed by atoms with van der Waals surface area (Å²) < 4.78 is 26.4. The van der Waals surface area contributed by atoms with Crippen LogP contribution in [0.25, 0.3) is 0 Å². The zero-order chi connectivity index (χ0) is 16.4. The lowest BCUT2D eigenvalue weighted by molar-refractivity contribution is -0.128. The molecule has 2 nitrogen and oxygen atoms in total. The molecule has 1 amide bonds. The second-order valence-electron chi connectivity index (χ2n) is 5.53. The molecule has 0 radical (unpaired) electrons. The molecule has 2 aromatic rings. The molecule has 0 spiro atoms. The van der Waals surface area contributed by atoms with E-state index < -0.39 is 11.6 Å². The fourth-order valence-corrected chi connectivity index (χ4v) is 3.84. The van der Waals surface area contributed by atoms with Gasteiger partial charge in [0.1, 0.15) is 5.37 Å². The fourth-order valence-electron chi connectivity index (χ4n) is 2.65. The molecule has 0 saturated carbocycles. The standard InChI is InChI=1S/C18H17F2NOS/c1-2-12-3-6-14(7-4-12)18-21(17(22)11-23-18)10-13-5-8-15(19)16(20)9-13/h3-9,18H,2,10-11H2,1H3. The number of carbonyl (C=O) groups is 1. The SMILES string of the molecule is CCc1ccc(C2SCC(=O)N2Cc2ccc(F)c(F)c2)cc1. The summed E-state index contributed by atoms with van der Waals surface area (Å²) in [4.78, 5) is 13.9. The average molecular weight is 333 g/mol. The van der Waals surface area contributed by atoms with E-state index in [1.807, 2.05) is 12.1 Å². The Morgan fingerprint density at radius 3 is 2.43 bits per heavy atom. The van der Waals surface area contributed by atoms with Crippen LogP contribution >= 0.6 is 11.8 Å². The van der Waals surface area contributed by atoms with Crippen LogP contribution in [0.5, 0.6) is 0 Å². The van der Waals surface area contributed by atoms with Crippen LogP contribution in [-0.4, -0.2) is 16.6 Å². The highest BCUT2D eigenvalue weighted by Crippen LogP contribution is 2.39. The zero-order valence-electron chi connectivity index (χ0n) is 12.8. The van der Waals surface area contributed by atoms with E-state index in [0.717, 1.165) is 24.1 Å². The third kappa shape index (κ3) is 3.39. The van der Waals surface area contributed by atoms with Gasteiger partial charge in [0.25, 0.3) is 0 Å². The largest absolute Gasteiger partial charge is 0.322 e. The second-order valence-corrected chi connectivity index (χ2v) is 6.60. The predicted octanol–water partition coefficient (Wildman–Crippen LogP) is 4.30. The minimum absolute atomic E-state index is 0.0179. The lowest BCUT2D eigenvalue weighted by atomic mass is 10.1. The van der Waals surface area contributed by atoms with Gasteiger partial charge in [-0.3, -0.25) is 4.79 Å². The van der Waals surface area contributed by atoms with Gasteiger partial charge in [0.2, 0.25) is 5.91 Å². The smallest absolute Gasteiger partial charge is 0.234 e. The maximum absolute atomic E-state index is 13.4. The van der Waals surface area contributed by atoms with Gasteiger partial charge in [-0.2, -0.15) is 0 Å². The van der Waals surface area contributed by atoms with E-state index in [0.29, 0.717) is 11.3 Å². The van der Waals surface area contributed by atoms with E-state index in [1.165, 1.54) is 11.6 Å². The second kappa shape index (κ2) is 6.71. The van der Waals surface area contributed by atoms with Crippen LogP contribution in [0.4, 0.5) is 8.78 Å². The Kier molecular flexibility index (Phi) is 4.66. The number of thioether (sulfide) groups is 1. The molecular formula is C18H17F2NOS. The normalized spacial score (nSPS) is 17.8. The van der Waals surface area contributed by atoms with Gasteiger partial charge in [-0.05, 0) is 35.2 Å². The van der Waals surface area contributed by atoms with Crippen molar-refractivity contribution in [2.45, 2.75) is 25.3 Å². The quantitative estimate of drug-likeness (QED) is 0.831. The minimum Gasteiger partial charge on any atom is -0.322 e. The van der Waals surface area contributed by atoms with Crippen LogP contribution in [0.1, 0.15) is 29.0 Å². The lowest BCUT2D eigenvalue weighted by Crippen LogP contribution is -2.27. The number of carbonyl (C=O) groups excluding carboxylic acids is 1. The summed E-state index contributed by atoms with van der Waals surface area (Å²) in [5.74, 6) is -1.33. The first-order chi connectivity index (χ1) is 11.1. The number of benzene rings is 2. The van der Waals surface area contributed by atoms with Crippen molar-refractivity contribution in [3.05, 3.63) is 70.8 Å². The molecule has 23 heavy (non-hydrogen) atoms. The van der Waals surface area contributed by atoms with Crippen molar-refractivity contribution in [2.75, 3.05) is 5.75 Å². The molecule has 2 aromatic carbocycles. The van der Waals surface area contributed by atoms with Crippen LogP contribution in [0.15, 0.2) is 42.5 Å². The summed E-state index contributed by atoms with van der Waals surface area (Å²) >= 11 is 1.56. The molecule has 1 saturated heterocycles. The van der Waals surface area contributed by atoms with Crippen molar-refractivity contribution < 1.29 is 13.6 Å². The Morgan fingerprint density at radius 2 is 1.78 bits per heavy atom. The van der Waals surface area contributed by atoms with Crippen molar-refractivity contribution in [3.63, 3.8) is 0 Å². The minimum atomic E-state index is -0.884. The molecule has 1 aliphatic rings. The Hall–Kier alpha value is -1.88. The summed E-state index contributed by atoms with van der Waals surface area (Å²) in [6, 6.07) is 12.0. The van der Waals surface area contributed by atoms with E-state index in [4.69, 9.17) is 0 Å². The first kappa shape index (κ1) is 16.0. The number of amides is 1. The van der Waals surface area contributed by atoms with Gasteiger partial charge in [0.15, 0.2) is 11.6 Å². The zero-order valence-corrected chi connectivity index (χ0v) is 13.6. The van der Waals surface area contributed by atoms with E-state index >= 15 is 0 Å². The highest BCUT2D eigenvalue weighted by atomic mass is 32.2. The van der Waals surface area contributed by atoms with Gasteiger partial charge in [-0.15, -0.1) is 11.8 Å². The number of hydrogen-bond donors (Lipinski definition) is 0. The van der Waals surface area contributed by atoms with E-state index in [2.05, 4.69) is 19.1 Å². The maximum atomic E-state index is 13.4. The summed E-state index contributed by atoms with van der Waals surface area (Å²) in [6.45, 7) is 2.38. The summed E-state index contributed by atoms with van der Waals surface area (Å²) in [5, 5.41) is -0.0819. The number of nitrogens with zero attached hydrogens (tertiary/aromatic N) is 1. The number of hydrogen-bond acceptors (Lipinski definition) is 2. The topological polar surface area (TPSA) is 20.3 Å². The molecule has 0 aliphatic carbocycles. The molecular weight excluding hydrogens is 316 g/mol. The first-order valence-electron chi connectivity index (χ1n) is 7.52. The van der Waals surface area contributed by atoms with Gasteiger partial charge >= 0.3 is 0 Å². The van der Waals surface area contributed by atoms with Crippen LogP contribution in [0.3, 0.4) is 0 Å². The number of halogens is 2. The molecule has 0 aromatic heterocycles. The van der Waals surface area contributed by atoms with Crippen LogP contribution < -0.4 is 0 Å². The van der Waals surface area contributed by atoms with E-state index in [9.17, 15) is 13.6 Å². The fraction of sp³-hybridized carbons (Fsp3) is 0.278. The van der Waals surface area contributed by atoms with E-state index in [-0.39, 0.29) is 17.8 Å². The van der Waals surface area contributed by atoms with Crippen LogP contribution in [-0.2, 0) is 17.8 Å². The van der Waals surface area contributed by atoms with Crippen LogP contribution in [0.2, 0.25) is 0 Å². The van der Waals surface area contributed by atoms with Gasteiger partial charge in [-0.25, -0.2) is 8.78 Å². The summed E-state index contributed by atoms with van der Waals surface area (Å²) in [7, 11) is 0. The van der Waals surface area contributed by atoms with Crippen molar-refractivity contribution in [3.8, 4) is 0 Å². The molecule has 0 N–H and O–H groups in total. The molecule has 3 rings (SSSR count). The number of aryl methyl sites for hydroxylation is 1. The molecule has 1 atom stereocenters. The molecule has 120 valence electrons. The van der Waals surface area contributed by atoms with Crippen molar-refractivity contribution in [2.24, 2.45) is 0 Å². The molecule has 1 unspecified atom stereocenters. The van der Waals surface area contributed by atoms with Gasteiger partial charge in [0, 0.05) is 6.54 Å².